The highest BCUT2D eigenvalue weighted by molar-refractivity contribution is 14.1. The van der Waals surface area contributed by atoms with Gasteiger partial charge in [0.05, 0.1) is 30.2 Å². The number of nitrogens with zero attached hydrogens (tertiary/aromatic N) is 3. The Morgan fingerprint density at radius 3 is 2.07 bits per heavy atom. The minimum absolute atomic E-state index is 0.516. The minimum atomic E-state index is -0.524. The van der Waals surface area contributed by atoms with Gasteiger partial charge in [0.15, 0.2) is 0 Å². The second-order valence-electron chi connectivity index (χ2n) is 7.35. The van der Waals surface area contributed by atoms with E-state index in [0.29, 0.717) is 13.1 Å². The summed E-state index contributed by atoms with van der Waals surface area (Å²) in [6.07, 6.45) is -0.524. The molecule has 0 saturated carbocycles. The number of fused-ring (bicyclic) bond motifs is 4. The molecular formula is C23H19I2N3O. The number of hydrogen-bond acceptors (Lipinski definition) is 2. The maximum Gasteiger partial charge on any atom is 0.106 e. The molecule has 29 heavy (non-hydrogen) atoms. The lowest BCUT2D eigenvalue weighted by Crippen LogP contribution is -2.22. The molecule has 0 fully saturated rings. The van der Waals surface area contributed by atoms with Crippen molar-refractivity contribution in [1.29, 1.82) is 0 Å². The zero-order chi connectivity index (χ0) is 20.1. The van der Waals surface area contributed by atoms with Crippen molar-refractivity contribution in [2.45, 2.75) is 26.1 Å². The summed E-state index contributed by atoms with van der Waals surface area (Å²) < 4.78 is 6.79. The highest BCUT2D eigenvalue weighted by atomic mass is 127. The molecule has 0 radical (unpaired) electrons. The molecule has 2 aromatic heterocycles. The summed E-state index contributed by atoms with van der Waals surface area (Å²) >= 11 is 4.72. The normalized spacial score (nSPS) is 13.0. The van der Waals surface area contributed by atoms with E-state index in [4.69, 9.17) is 0 Å². The van der Waals surface area contributed by atoms with E-state index in [1.807, 2.05) is 25.1 Å². The Kier molecular flexibility index (Phi) is 5.03. The Morgan fingerprint density at radius 1 is 0.828 bits per heavy atom. The van der Waals surface area contributed by atoms with Crippen LogP contribution in [-0.4, -0.2) is 25.3 Å². The third-order valence-electron chi connectivity index (χ3n) is 5.42. The Labute approximate surface area is 195 Å². The Hall–Kier alpha value is -1.65. The number of aliphatic hydroxyl groups excluding tert-OH is 1. The first-order valence-corrected chi connectivity index (χ1v) is 11.6. The maximum atomic E-state index is 11.0. The van der Waals surface area contributed by atoms with E-state index < -0.39 is 6.10 Å². The van der Waals surface area contributed by atoms with Gasteiger partial charge in [-0.1, -0.05) is 12.1 Å². The summed E-state index contributed by atoms with van der Waals surface area (Å²) in [5.41, 5.74) is 4.36. The van der Waals surface area contributed by atoms with Crippen molar-refractivity contribution in [1.82, 2.24) is 14.1 Å². The van der Waals surface area contributed by atoms with Gasteiger partial charge in [-0.3, -0.25) is 0 Å². The predicted molar refractivity (Wildman–Crippen MR) is 135 cm³/mol. The molecule has 0 aliphatic heterocycles. The van der Waals surface area contributed by atoms with Crippen LogP contribution in [0, 0.1) is 14.1 Å². The molecule has 0 aliphatic carbocycles. The maximum absolute atomic E-state index is 11.0. The van der Waals surface area contributed by atoms with Crippen LogP contribution in [0.2, 0.25) is 0 Å². The second kappa shape index (κ2) is 7.55. The lowest BCUT2D eigenvalue weighted by atomic mass is 10.2. The molecule has 5 rings (SSSR count). The number of halogens is 2. The van der Waals surface area contributed by atoms with E-state index in [1.165, 1.54) is 17.9 Å². The number of para-hydroxylation sites is 2. The van der Waals surface area contributed by atoms with Crippen LogP contribution in [0.1, 0.15) is 5.82 Å². The molecule has 0 spiro atoms. The van der Waals surface area contributed by atoms with E-state index in [-0.39, 0.29) is 0 Å². The van der Waals surface area contributed by atoms with Crippen LogP contribution in [0.4, 0.5) is 0 Å². The number of aryl methyl sites for hydroxylation is 1. The van der Waals surface area contributed by atoms with Crippen molar-refractivity contribution in [2.24, 2.45) is 0 Å². The van der Waals surface area contributed by atoms with Gasteiger partial charge in [0.2, 0.25) is 0 Å². The molecule has 146 valence electrons. The van der Waals surface area contributed by atoms with Crippen molar-refractivity contribution in [3.63, 3.8) is 0 Å². The quantitative estimate of drug-likeness (QED) is 0.266. The Morgan fingerprint density at radius 2 is 1.41 bits per heavy atom. The molecule has 5 aromatic rings. The molecule has 1 N–H and O–H groups in total. The van der Waals surface area contributed by atoms with E-state index in [0.717, 1.165) is 27.9 Å². The third-order valence-corrected chi connectivity index (χ3v) is 6.76. The number of aromatic nitrogens is 3. The average molecular weight is 607 g/mol. The minimum Gasteiger partial charge on any atom is -0.389 e. The SMILES string of the molecule is Cc1nc2ccccc2n1CC(O)Cn1c2ccc(I)cc2c2cc(I)ccc21. The summed E-state index contributed by atoms with van der Waals surface area (Å²) in [5.74, 6) is 0.927. The molecule has 1 unspecified atom stereocenters. The molecule has 6 heteroatoms. The fourth-order valence-electron chi connectivity index (χ4n) is 4.15. The van der Waals surface area contributed by atoms with Crippen molar-refractivity contribution in [3.8, 4) is 0 Å². The molecule has 0 bridgehead atoms. The summed E-state index contributed by atoms with van der Waals surface area (Å²) in [6.45, 7) is 3.05. The van der Waals surface area contributed by atoms with Gasteiger partial charge in [-0.05, 0) is 101 Å². The first-order chi connectivity index (χ1) is 14.0. The second-order valence-corrected chi connectivity index (χ2v) is 9.84. The molecule has 1 atom stereocenters. The van der Waals surface area contributed by atoms with E-state index in [9.17, 15) is 5.11 Å². The smallest absolute Gasteiger partial charge is 0.106 e. The van der Waals surface area contributed by atoms with Crippen molar-refractivity contribution >= 4 is 78.0 Å². The fraction of sp³-hybridized carbons (Fsp3) is 0.174. The summed E-state index contributed by atoms with van der Waals surface area (Å²) in [5, 5.41) is 13.5. The fourth-order valence-corrected chi connectivity index (χ4v) is 5.13. The van der Waals surface area contributed by atoms with Gasteiger partial charge in [-0.15, -0.1) is 0 Å². The van der Waals surface area contributed by atoms with Crippen LogP contribution in [-0.2, 0) is 13.1 Å². The monoisotopic (exact) mass is 607 g/mol. The summed E-state index contributed by atoms with van der Waals surface area (Å²) in [6, 6.07) is 21.1. The highest BCUT2D eigenvalue weighted by Gasteiger charge is 2.16. The van der Waals surface area contributed by atoms with Crippen LogP contribution in [0.5, 0.6) is 0 Å². The summed E-state index contributed by atoms with van der Waals surface area (Å²) in [7, 11) is 0. The third kappa shape index (κ3) is 3.44. The van der Waals surface area contributed by atoms with Crippen LogP contribution >= 0.6 is 45.2 Å². The predicted octanol–water partition coefficient (Wildman–Crippen LogP) is 5.72. The van der Waals surface area contributed by atoms with Crippen LogP contribution in [0.25, 0.3) is 32.8 Å². The van der Waals surface area contributed by atoms with Gasteiger partial charge in [0, 0.05) is 28.9 Å². The van der Waals surface area contributed by atoms with Gasteiger partial charge < -0.3 is 14.2 Å². The lowest BCUT2D eigenvalue weighted by molar-refractivity contribution is 0.137. The number of rotatable bonds is 4. The Bertz CT molecular complexity index is 1310. The van der Waals surface area contributed by atoms with Gasteiger partial charge in [-0.25, -0.2) is 4.98 Å². The molecule has 0 saturated heterocycles. The number of hydrogen-bond donors (Lipinski definition) is 1. The van der Waals surface area contributed by atoms with Crippen molar-refractivity contribution in [3.05, 3.63) is 73.6 Å². The van der Waals surface area contributed by atoms with Gasteiger partial charge in [0.25, 0.3) is 0 Å². The van der Waals surface area contributed by atoms with Crippen LogP contribution in [0.3, 0.4) is 0 Å². The van der Waals surface area contributed by atoms with E-state index in [1.54, 1.807) is 0 Å². The topological polar surface area (TPSA) is 43.0 Å². The highest BCUT2D eigenvalue weighted by Crippen LogP contribution is 2.32. The molecular weight excluding hydrogens is 588 g/mol. The molecule has 4 nitrogen and oxygen atoms in total. The van der Waals surface area contributed by atoms with Crippen LogP contribution in [0.15, 0.2) is 60.7 Å². The van der Waals surface area contributed by atoms with Gasteiger partial charge in [-0.2, -0.15) is 0 Å². The molecule has 3 aromatic carbocycles. The first-order valence-electron chi connectivity index (χ1n) is 9.48. The van der Waals surface area contributed by atoms with Crippen molar-refractivity contribution in [2.75, 3.05) is 0 Å². The standard InChI is InChI=1S/C23H19I2N3O/c1-14-26-20-4-2-3-5-23(20)27(14)12-17(29)13-28-21-8-6-15(24)10-18(21)19-11-16(25)7-9-22(19)28/h2-11,17,29H,12-13H2,1H3. The van der Waals surface area contributed by atoms with Crippen LogP contribution < -0.4 is 0 Å². The number of imidazole rings is 1. The average Bonchev–Trinajstić information content (AvgIpc) is 3.16. The lowest BCUT2D eigenvalue weighted by Gasteiger charge is -2.16. The molecule has 2 heterocycles. The van der Waals surface area contributed by atoms with Gasteiger partial charge >= 0.3 is 0 Å². The number of aliphatic hydroxyl groups is 1. The summed E-state index contributed by atoms with van der Waals surface area (Å²) in [4.78, 5) is 4.63. The van der Waals surface area contributed by atoms with Gasteiger partial charge in [0.1, 0.15) is 5.82 Å². The number of benzene rings is 3. The Balaban J connectivity index is 1.56. The zero-order valence-corrected chi connectivity index (χ0v) is 20.1. The molecule has 0 amide bonds. The van der Waals surface area contributed by atoms with E-state index in [2.05, 4.69) is 102 Å². The first kappa shape index (κ1) is 19.3. The zero-order valence-electron chi connectivity index (χ0n) is 15.8. The van der Waals surface area contributed by atoms with Crippen molar-refractivity contribution < 1.29 is 5.11 Å². The van der Waals surface area contributed by atoms with E-state index >= 15 is 0 Å². The largest absolute Gasteiger partial charge is 0.389 e. The molecule has 0 aliphatic rings.